The van der Waals surface area contributed by atoms with Gasteiger partial charge in [-0.25, -0.2) is 0 Å². The summed E-state index contributed by atoms with van der Waals surface area (Å²) < 4.78 is 7.69. The fourth-order valence-corrected chi connectivity index (χ4v) is 3.63. The first-order chi connectivity index (χ1) is 10.2. The van der Waals surface area contributed by atoms with Crippen LogP contribution in [0.3, 0.4) is 0 Å². The molecule has 0 spiro atoms. The Labute approximate surface area is 128 Å². The summed E-state index contributed by atoms with van der Waals surface area (Å²) in [4.78, 5) is 0. The van der Waals surface area contributed by atoms with Crippen molar-refractivity contribution >= 4 is 0 Å². The molecule has 2 fully saturated rings. The molecular weight excluding hydrogens is 262 g/mol. The second-order valence-electron chi connectivity index (χ2n) is 6.99. The fraction of sp³-hybridized carbons (Fsp3) is 0.824. The van der Waals surface area contributed by atoms with Gasteiger partial charge in [0.25, 0.3) is 0 Å². The molecule has 1 N–H and O–H groups in total. The standard InChI is InChI=1S/C17H29N3O/c1-13(10-16-7-9-21-12-16)19-14(2)17-6-8-18-20(17)11-15-4-3-5-15/h6,8,13-16,19H,3-5,7,9-12H2,1-2H3. The van der Waals surface area contributed by atoms with Crippen molar-refractivity contribution in [3.05, 3.63) is 18.0 Å². The summed E-state index contributed by atoms with van der Waals surface area (Å²) in [5.41, 5.74) is 1.33. The zero-order chi connectivity index (χ0) is 14.7. The Morgan fingerprint density at radius 2 is 2.19 bits per heavy atom. The zero-order valence-corrected chi connectivity index (χ0v) is 13.4. The normalized spacial score (nSPS) is 25.7. The third-order valence-corrected chi connectivity index (χ3v) is 5.09. The van der Waals surface area contributed by atoms with Crippen LogP contribution in [0.1, 0.15) is 57.7 Å². The predicted octanol–water partition coefficient (Wildman–Crippen LogP) is 3.15. The number of ether oxygens (including phenoxy) is 1. The molecule has 1 aliphatic carbocycles. The van der Waals surface area contributed by atoms with Crippen LogP contribution < -0.4 is 5.32 Å². The molecule has 0 aromatic carbocycles. The lowest BCUT2D eigenvalue weighted by molar-refractivity contribution is 0.181. The molecule has 4 heteroatoms. The fourth-order valence-electron chi connectivity index (χ4n) is 3.63. The molecule has 1 saturated carbocycles. The van der Waals surface area contributed by atoms with E-state index in [-0.39, 0.29) is 0 Å². The Hall–Kier alpha value is -0.870. The second kappa shape index (κ2) is 6.93. The van der Waals surface area contributed by atoms with Crippen LogP contribution in [0.15, 0.2) is 12.3 Å². The summed E-state index contributed by atoms with van der Waals surface area (Å²) in [6.45, 7) is 7.54. The molecule has 3 atom stereocenters. The third-order valence-electron chi connectivity index (χ3n) is 5.09. The molecule has 118 valence electrons. The molecule has 2 heterocycles. The lowest BCUT2D eigenvalue weighted by atomic mass is 9.85. The molecule has 1 saturated heterocycles. The average molecular weight is 291 g/mol. The number of aromatic nitrogens is 2. The van der Waals surface area contributed by atoms with Crippen LogP contribution in [0.2, 0.25) is 0 Å². The maximum absolute atomic E-state index is 5.47. The van der Waals surface area contributed by atoms with Crippen LogP contribution in [-0.2, 0) is 11.3 Å². The molecule has 2 aliphatic rings. The molecule has 1 aromatic heterocycles. The van der Waals surface area contributed by atoms with Gasteiger partial charge in [0.05, 0.1) is 5.69 Å². The monoisotopic (exact) mass is 291 g/mol. The Morgan fingerprint density at radius 3 is 2.86 bits per heavy atom. The van der Waals surface area contributed by atoms with Gasteiger partial charge < -0.3 is 10.1 Å². The highest BCUT2D eigenvalue weighted by Gasteiger charge is 2.22. The SMILES string of the molecule is CC(CC1CCOC1)NC(C)c1ccnn1CC1CCC1. The van der Waals surface area contributed by atoms with Crippen molar-refractivity contribution in [2.24, 2.45) is 11.8 Å². The molecule has 21 heavy (non-hydrogen) atoms. The molecule has 0 amide bonds. The molecule has 1 aliphatic heterocycles. The van der Waals surface area contributed by atoms with E-state index >= 15 is 0 Å². The van der Waals surface area contributed by atoms with Crippen molar-refractivity contribution < 1.29 is 4.74 Å². The Bertz CT molecular complexity index is 435. The number of rotatable bonds is 7. The van der Waals surface area contributed by atoms with Gasteiger partial charge in [0.1, 0.15) is 0 Å². The molecule has 0 bridgehead atoms. The van der Waals surface area contributed by atoms with Crippen molar-refractivity contribution in [3.63, 3.8) is 0 Å². The van der Waals surface area contributed by atoms with Crippen molar-refractivity contribution in [2.75, 3.05) is 13.2 Å². The highest BCUT2D eigenvalue weighted by molar-refractivity contribution is 5.06. The van der Waals surface area contributed by atoms with Gasteiger partial charge in [-0.1, -0.05) is 6.42 Å². The summed E-state index contributed by atoms with van der Waals surface area (Å²) in [6, 6.07) is 3.06. The molecule has 0 radical (unpaired) electrons. The minimum absolute atomic E-state index is 0.366. The van der Waals surface area contributed by atoms with Crippen LogP contribution in [-0.4, -0.2) is 29.0 Å². The Morgan fingerprint density at radius 1 is 1.33 bits per heavy atom. The van der Waals surface area contributed by atoms with Gasteiger partial charge >= 0.3 is 0 Å². The molecule has 4 nitrogen and oxygen atoms in total. The largest absolute Gasteiger partial charge is 0.381 e. The van der Waals surface area contributed by atoms with E-state index in [1.807, 2.05) is 6.20 Å². The lowest BCUT2D eigenvalue weighted by Crippen LogP contribution is -2.32. The van der Waals surface area contributed by atoms with Gasteiger partial charge in [-0.05, 0) is 57.4 Å². The van der Waals surface area contributed by atoms with Gasteiger partial charge in [0, 0.05) is 38.0 Å². The first kappa shape index (κ1) is 15.0. The van der Waals surface area contributed by atoms with E-state index in [4.69, 9.17) is 4.74 Å². The zero-order valence-electron chi connectivity index (χ0n) is 13.4. The van der Waals surface area contributed by atoms with Crippen molar-refractivity contribution in [1.82, 2.24) is 15.1 Å². The van der Waals surface area contributed by atoms with E-state index in [0.29, 0.717) is 12.1 Å². The molecule has 3 rings (SSSR count). The van der Waals surface area contributed by atoms with Crippen molar-refractivity contribution in [3.8, 4) is 0 Å². The first-order valence-corrected chi connectivity index (χ1v) is 8.58. The highest BCUT2D eigenvalue weighted by atomic mass is 16.5. The number of nitrogens with zero attached hydrogens (tertiary/aromatic N) is 2. The van der Waals surface area contributed by atoms with Crippen molar-refractivity contribution in [2.45, 2.75) is 64.6 Å². The van der Waals surface area contributed by atoms with E-state index in [1.165, 1.54) is 37.8 Å². The summed E-state index contributed by atoms with van der Waals surface area (Å²) in [6.07, 6.45) is 8.52. The third kappa shape index (κ3) is 3.86. The van der Waals surface area contributed by atoms with Crippen LogP contribution >= 0.6 is 0 Å². The maximum Gasteiger partial charge on any atom is 0.0550 e. The van der Waals surface area contributed by atoms with Gasteiger partial charge in [-0.3, -0.25) is 4.68 Å². The molecular formula is C17H29N3O. The predicted molar refractivity (Wildman–Crippen MR) is 84.1 cm³/mol. The van der Waals surface area contributed by atoms with E-state index in [0.717, 1.165) is 31.6 Å². The maximum atomic E-state index is 5.47. The molecule has 1 aromatic rings. The quantitative estimate of drug-likeness (QED) is 0.839. The average Bonchev–Trinajstić information content (AvgIpc) is 3.04. The minimum Gasteiger partial charge on any atom is -0.381 e. The van der Waals surface area contributed by atoms with Crippen LogP contribution in [0, 0.1) is 11.8 Å². The van der Waals surface area contributed by atoms with Gasteiger partial charge in [-0.2, -0.15) is 5.10 Å². The van der Waals surface area contributed by atoms with Crippen LogP contribution in [0.4, 0.5) is 0 Å². The summed E-state index contributed by atoms with van der Waals surface area (Å²) >= 11 is 0. The van der Waals surface area contributed by atoms with E-state index in [2.05, 4.69) is 35.0 Å². The number of hydrogen-bond donors (Lipinski definition) is 1. The van der Waals surface area contributed by atoms with E-state index in [1.54, 1.807) is 0 Å². The smallest absolute Gasteiger partial charge is 0.0550 e. The van der Waals surface area contributed by atoms with Gasteiger partial charge in [-0.15, -0.1) is 0 Å². The highest BCUT2D eigenvalue weighted by Crippen LogP contribution is 2.29. The Kier molecular flexibility index (Phi) is 4.96. The summed E-state index contributed by atoms with van der Waals surface area (Å²) in [5, 5.41) is 8.27. The van der Waals surface area contributed by atoms with E-state index in [9.17, 15) is 0 Å². The van der Waals surface area contributed by atoms with Crippen LogP contribution in [0.5, 0.6) is 0 Å². The Balaban J connectivity index is 1.51. The first-order valence-electron chi connectivity index (χ1n) is 8.58. The molecule has 3 unspecified atom stereocenters. The summed E-state index contributed by atoms with van der Waals surface area (Å²) in [5.74, 6) is 1.59. The van der Waals surface area contributed by atoms with E-state index < -0.39 is 0 Å². The van der Waals surface area contributed by atoms with Crippen LogP contribution in [0.25, 0.3) is 0 Å². The van der Waals surface area contributed by atoms with Gasteiger partial charge in [0.2, 0.25) is 0 Å². The minimum atomic E-state index is 0.366. The lowest BCUT2D eigenvalue weighted by Gasteiger charge is -2.27. The second-order valence-corrected chi connectivity index (χ2v) is 6.99. The number of hydrogen-bond acceptors (Lipinski definition) is 3. The topological polar surface area (TPSA) is 39.1 Å². The number of nitrogens with one attached hydrogen (secondary N) is 1. The van der Waals surface area contributed by atoms with Crippen molar-refractivity contribution in [1.29, 1.82) is 0 Å². The summed E-state index contributed by atoms with van der Waals surface area (Å²) in [7, 11) is 0. The van der Waals surface area contributed by atoms with Gasteiger partial charge in [0.15, 0.2) is 0 Å².